The van der Waals surface area contributed by atoms with Gasteiger partial charge in [0.25, 0.3) is 25.8 Å². The maximum absolute atomic E-state index is 13.5. The lowest BCUT2D eigenvalue weighted by molar-refractivity contribution is -0.121. The summed E-state index contributed by atoms with van der Waals surface area (Å²) in [7, 11) is -20.6. The average Bonchev–Trinajstić information content (AvgIpc) is 2.18. The number of benzene rings is 3. The summed E-state index contributed by atoms with van der Waals surface area (Å²) in [6.07, 6.45) is -1.64. The number of aromatic nitrogens is 4. The number of aliphatic hydroxyl groups excluding tert-OH is 1. The van der Waals surface area contributed by atoms with Crippen LogP contribution in [-0.4, -0.2) is 146 Å². The fraction of sp³-hybridized carbons (Fsp3) is 0.385. The van der Waals surface area contributed by atoms with Crippen LogP contribution in [0.2, 0.25) is 0 Å². The molecule has 0 bridgehead atoms. The van der Waals surface area contributed by atoms with Gasteiger partial charge in [0.15, 0.2) is 23.5 Å². The van der Waals surface area contributed by atoms with Crippen LogP contribution in [0.5, 0.6) is 0 Å². The minimum atomic E-state index is -5.74. The Balaban J connectivity index is 0.994. The molecule has 37 heteroatoms. The number of nitrogens with one attached hydrogen (secondary N) is 3. The zero-order valence-electron chi connectivity index (χ0n) is 47.9. The van der Waals surface area contributed by atoms with Crippen molar-refractivity contribution >= 4 is 95.3 Å². The van der Waals surface area contributed by atoms with Crippen molar-refractivity contribution in [2.75, 3.05) is 55.7 Å². The van der Waals surface area contributed by atoms with Gasteiger partial charge in [-0.15, -0.1) is 0 Å². The molecule has 12 N–H and O–H groups in total. The number of nitrogen functional groups attached to an aromatic ring is 1. The molecule has 0 spiro atoms. The number of ether oxygens (including phenoxy) is 2. The second-order valence-corrected chi connectivity index (χ2v) is 29.4. The monoisotopic (exact) mass is 1360 g/mol. The molecule has 2 aromatic heterocycles. The van der Waals surface area contributed by atoms with E-state index in [0.29, 0.717) is 28.5 Å². The molecule has 7 atom stereocenters. The minimum absolute atomic E-state index is 0.0318. The highest BCUT2D eigenvalue weighted by molar-refractivity contribution is 8.08. The number of nitrogens with two attached hydrogens (primary N) is 1. The number of hydrogen-bond donors (Lipinski definition) is 11. The Labute approximate surface area is 513 Å². The van der Waals surface area contributed by atoms with Crippen molar-refractivity contribution in [1.82, 2.24) is 34.7 Å². The van der Waals surface area contributed by atoms with E-state index in [-0.39, 0.29) is 62.4 Å². The summed E-state index contributed by atoms with van der Waals surface area (Å²) in [5.41, 5.74) is 8.09. The van der Waals surface area contributed by atoms with Crippen LogP contribution < -0.4 is 36.8 Å². The zero-order valence-corrected chi connectivity index (χ0v) is 53.0. The number of allylic oxidation sites excluding steroid dienone is 3. The highest BCUT2D eigenvalue weighted by atomic mass is 32.5. The fourth-order valence-corrected chi connectivity index (χ4v) is 15.3. The predicted molar refractivity (Wildman–Crippen MR) is 325 cm³/mol. The van der Waals surface area contributed by atoms with Crippen molar-refractivity contribution in [1.29, 1.82) is 0 Å². The van der Waals surface area contributed by atoms with Crippen LogP contribution in [0.25, 0.3) is 39.9 Å². The van der Waals surface area contributed by atoms with Gasteiger partial charge in [-0.3, -0.25) is 32.8 Å². The molecule has 1 aliphatic carbocycles. The summed E-state index contributed by atoms with van der Waals surface area (Å²) in [6.45, 7) is 2.91. The molecule has 89 heavy (non-hydrogen) atoms. The number of aliphatic hydroxyl groups is 1. The number of H-pyrrole nitrogens is 1. The van der Waals surface area contributed by atoms with E-state index in [9.17, 15) is 74.1 Å². The number of carbonyl (C=O) groups is 2. The number of anilines is 2. The number of phosphoric ester groups is 1. The van der Waals surface area contributed by atoms with E-state index in [1.165, 1.54) is 18.2 Å². The van der Waals surface area contributed by atoms with Crippen molar-refractivity contribution in [2.24, 2.45) is 0 Å². The number of carbonyl (C=O) groups excluding carboxylic acids is 2. The lowest BCUT2D eigenvalue weighted by Crippen LogP contribution is -2.41. The highest BCUT2D eigenvalue weighted by Gasteiger charge is 2.50. The molecule has 0 radical (unpaired) electrons. The maximum Gasteiger partial charge on any atom is 0.488 e. The number of nitrogens with zero attached hydrogens (tertiary/aromatic N) is 5. The first kappa shape index (κ1) is 68.5. The van der Waals surface area contributed by atoms with Gasteiger partial charge in [0.2, 0.25) is 17.2 Å². The summed E-state index contributed by atoms with van der Waals surface area (Å²) < 4.78 is 128. The smallest absolute Gasteiger partial charge is 0.456 e. The number of fused-ring (bicyclic) bond motifs is 3. The van der Waals surface area contributed by atoms with Gasteiger partial charge in [-0.2, -0.15) is 26.1 Å². The Bertz CT molecular complexity index is 4210. The topological polar surface area (TPSA) is 457 Å². The highest BCUT2D eigenvalue weighted by Crippen LogP contribution is 2.66. The van der Waals surface area contributed by atoms with Gasteiger partial charge in [-0.25, -0.2) is 27.8 Å². The maximum atomic E-state index is 13.5. The van der Waals surface area contributed by atoms with Crippen LogP contribution in [0.15, 0.2) is 105 Å². The third-order valence-corrected chi connectivity index (χ3v) is 20.6. The van der Waals surface area contributed by atoms with Gasteiger partial charge < -0.3 is 59.8 Å². The molecule has 2 aromatic carbocycles. The standard InChI is InChI=1S/C52H64N9O22P3S3/c1-5-59(6-2)33-18-20-36-35(31(3)45(79-39(36)27-33)32-13-8-7-9-14-32)15-10-16-41-52(4,37-28-34(89(75,76)77)19-21-38(37)60(41)25-12-26-88(72,73)74)22-11-17-42(62)54-23-24-55-51(65)81-46-44(63)40(29-78-84(66,67)82-85(68,69)83-86(70,71)87)80-49(46)61-30-56-43-47(61)57-50(53)58-48(43)64/h7-10,13-16,18-21,27-28,30,40,44,46,49,63H,5-6,11-12,17,22-26,29H2,1-4H3,(H10-,53,54,55,57,58,62,64,65,66,67,68,69,70,71,72,73,74,75,76,77,87)/p+1/t40-,44-,46-,49-,52?/m1/s1. The Kier molecular flexibility index (Phi) is 21.2. The molecule has 4 aliphatic rings. The zero-order chi connectivity index (χ0) is 65.0. The number of phosphoric acid groups is 2. The normalized spacial score (nSPS) is 20.7. The van der Waals surface area contributed by atoms with E-state index in [1.54, 1.807) is 0 Å². The Morgan fingerprint density at radius 3 is 2.35 bits per heavy atom. The van der Waals surface area contributed by atoms with Gasteiger partial charge in [-0.05, 0) is 100 Å². The molecular formula is C52H65N9O22P3S3+. The van der Waals surface area contributed by atoms with Crippen molar-refractivity contribution in [3.05, 3.63) is 123 Å². The van der Waals surface area contributed by atoms with Crippen LogP contribution in [0.1, 0.15) is 69.4 Å². The van der Waals surface area contributed by atoms with Gasteiger partial charge in [-0.1, -0.05) is 42.5 Å². The molecule has 5 heterocycles. The Hall–Kier alpha value is -6.39. The number of aromatic amines is 1. The predicted octanol–water partition coefficient (Wildman–Crippen LogP) is 4.19. The van der Waals surface area contributed by atoms with Gasteiger partial charge >= 0.3 is 28.5 Å². The van der Waals surface area contributed by atoms with E-state index in [2.05, 4.69) is 64.4 Å². The molecule has 482 valence electrons. The Morgan fingerprint density at radius 1 is 0.966 bits per heavy atom. The fourth-order valence-electron chi connectivity index (χ4n) is 10.6. The quantitative estimate of drug-likeness (QED) is 0.0157. The number of amides is 2. The minimum Gasteiger partial charge on any atom is -0.456 e. The summed E-state index contributed by atoms with van der Waals surface area (Å²) in [4.78, 5) is 89.4. The largest absolute Gasteiger partial charge is 0.488 e. The first-order valence-corrected chi connectivity index (χ1v) is 35.9. The van der Waals surface area contributed by atoms with Gasteiger partial charge in [0.05, 0.1) is 29.6 Å². The van der Waals surface area contributed by atoms with Crippen LogP contribution in [0.3, 0.4) is 0 Å². The molecule has 0 saturated carbocycles. The molecule has 1 fully saturated rings. The third kappa shape index (κ3) is 16.8. The number of imidazole rings is 1. The number of alkyl carbamates (subject to hydrolysis) is 1. The van der Waals surface area contributed by atoms with Crippen molar-refractivity contribution in [3.63, 3.8) is 0 Å². The van der Waals surface area contributed by atoms with E-state index < -0.39 is 107 Å². The van der Waals surface area contributed by atoms with Crippen LogP contribution in [-0.2, 0) is 74.0 Å². The van der Waals surface area contributed by atoms with Gasteiger partial charge in [0.1, 0.15) is 36.8 Å². The number of rotatable bonds is 26. The van der Waals surface area contributed by atoms with E-state index in [1.807, 2.05) is 85.5 Å². The molecule has 4 aromatic rings. The molecule has 2 amide bonds. The first-order valence-electron chi connectivity index (χ1n) is 27.2. The van der Waals surface area contributed by atoms with Crippen LogP contribution >= 0.6 is 22.4 Å². The lowest BCUT2D eigenvalue weighted by Gasteiger charge is -2.30. The second kappa shape index (κ2) is 27.6. The van der Waals surface area contributed by atoms with Crippen molar-refractivity contribution in [2.45, 2.75) is 88.2 Å². The second-order valence-electron chi connectivity index (χ2n) is 20.6. The van der Waals surface area contributed by atoms with E-state index in [4.69, 9.17) is 24.1 Å². The average molecular weight is 1360 g/mol. The van der Waals surface area contributed by atoms with E-state index >= 15 is 0 Å². The summed E-state index contributed by atoms with van der Waals surface area (Å²) in [6, 6.07) is 19.6. The van der Waals surface area contributed by atoms with Crippen LogP contribution in [0.4, 0.5) is 16.4 Å². The van der Waals surface area contributed by atoms with E-state index in [0.717, 1.165) is 51.6 Å². The van der Waals surface area contributed by atoms with Crippen molar-refractivity contribution < 1.29 is 96.4 Å². The molecule has 31 nitrogen and oxygen atoms in total. The molecule has 1 saturated heterocycles. The van der Waals surface area contributed by atoms with Crippen LogP contribution in [0, 0.1) is 6.92 Å². The lowest BCUT2D eigenvalue weighted by atomic mass is 9.77. The molecular weight excluding hydrogens is 1290 g/mol. The number of hydrogen-bond acceptors (Lipinski definition) is 21. The van der Waals surface area contributed by atoms with Crippen molar-refractivity contribution in [3.8, 4) is 22.6 Å². The summed E-state index contributed by atoms with van der Waals surface area (Å²) >= 11 is 4.09. The summed E-state index contributed by atoms with van der Waals surface area (Å²) in [5, 5.41) is 17.4. The van der Waals surface area contributed by atoms with Gasteiger partial charge in [0, 0.05) is 65.6 Å². The first-order chi connectivity index (χ1) is 41.7. The molecule has 3 aliphatic heterocycles. The SMILES string of the molecule is CC[N+](CC)=c1ccc2c(/C=C/C=C3\N(CCCS(=O)(=O)O)c4ccc(S(=O)(=O)O)cc4C3(C)CCCC(=O)NCCNC(=O)O[C@@H]3[C@H](O)[C@@H](COP(=O)(O)OP(=O)(O)OP(O)(O)=S)O[C@H]3n3cnc4c(=O)[nH]c(N)nc43)c(C)c(-c3ccccc3)oc-2c1. The summed E-state index contributed by atoms with van der Waals surface area (Å²) in [5.74, 6) is -0.213. The Morgan fingerprint density at radius 2 is 1.67 bits per heavy atom. The molecule has 3 unspecified atom stereocenters. The third-order valence-electron chi connectivity index (χ3n) is 14.6. The molecule has 8 rings (SSSR count).